The molecule has 7 heteroatoms. The highest BCUT2D eigenvalue weighted by Crippen LogP contribution is 2.45. The summed E-state index contributed by atoms with van der Waals surface area (Å²) >= 11 is 0. The van der Waals surface area contributed by atoms with E-state index in [1.807, 2.05) is 0 Å². The van der Waals surface area contributed by atoms with Crippen LogP contribution < -0.4 is 0 Å². The first-order chi connectivity index (χ1) is 9.83. The molecule has 0 bridgehead atoms. The Hall–Kier alpha value is -0.520. The van der Waals surface area contributed by atoms with Gasteiger partial charge < -0.3 is 4.74 Å². The van der Waals surface area contributed by atoms with E-state index in [9.17, 15) is 4.79 Å². The smallest absolute Gasteiger partial charge is 0.462 e. The fourth-order valence-electron chi connectivity index (χ4n) is 1.74. The molecular formula is C14H28O6P+. The van der Waals surface area contributed by atoms with E-state index in [1.54, 1.807) is 6.92 Å². The average molecular weight is 323 g/mol. The Morgan fingerprint density at radius 3 is 1.76 bits per heavy atom. The predicted octanol–water partition coefficient (Wildman–Crippen LogP) is 2.90. The van der Waals surface area contributed by atoms with Crippen LogP contribution in [-0.2, 0) is 14.1 Å². The van der Waals surface area contributed by atoms with E-state index in [1.165, 1.54) is 0 Å². The van der Waals surface area contributed by atoms with Crippen LogP contribution in [0.5, 0.6) is 0 Å². The summed E-state index contributed by atoms with van der Waals surface area (Å²) in [5, 5.41) is 0. The van der Waals surface area contributed by atoms with Gasteiger partial charge in [-0.1, -0.05) is 45.1 Å². The van der Waals surface area contributed by atoms with Gasteiger partial charge in [-0.15, -0.1) is 0 Å². The normalized spacial score (nSPS) is 11.4. The first-order valence-electron chi connectivity index (χ1n) is 7.37. The molecule has 0 aliphatic carbocycles. The number of hydrogen-bond donors (Lipinski definition) is 3. The zero-order chi connectivity index (χ0) is 16.1. The van der Waals surface area contributed by atoms with E-state index >= 15 is 0 Å². The highest BCUT2D eigenvalue weighted by Gasteiger charge is 2.32. The van der Waals surface area contributed by atoms with E-state index in [0.717, 1.165) is 44.9 Å². The van der Waals surface area contributed by atoms with Crippen molar-refractivity contribution in [1.29, 1.82) is 0 Å². The Bertz CT molecular complexity index is 300. The lowest BCUT2D eigenvalue weighted by Crippen LogP contribution is -2.05. The molecule has 0 amide bonds. The van der Waals surface area contributed by atoms with Crippen molar-refractivity contribution in [3.05, 3.63) is 12.2 Å². The van der Waals surface area contributed by atoms with Crippen LogP contribution in [0.1, 0.15) is 58.3 Å². The summed E-state index contributed by atoms with van der Waals surface area (Å²) in [6, 6.07) is 0. The van der Waals surface area contributed by atoms with Crippen LogP contribution in [0.4, 0.5) is 0 Å². The standard InChI is InChI=1S/C14H28O6P/c1-13(2)14(15)19-11-9-7-5-3-4-6-8-10-12-20-21(16,17)18/h16-18H,1,3-12H2,2H3/q+1. The maximum atomic E-state index is 11.1. The fraction of sp³-hybridized carbons (Fsp3) is 0.786. The highest BCUT2D eigenvalue weighted by atomic mass is 31.2. The zero-order valence-corrected chi connectivity index (χ0v) is 13.7. The van der Waals surface area contributed by atoms with Gasteiger partial charge in [0.2, 0.25) is 0 Å². The molecule has 0 aromatic heterocycles. The largest absolute Gasteiger partial charge is 0.567 e. The molecule has 0 aliphatic rings. The second-order valence-electron chi connectivity index (χ2n) is 5.09. The quantitative estimate of drug-likeness (QED) is 0.209. The minimum absolute atomic E-state index is 0.172. The fourth-order valence-corrected chi connectivity index (χ4v) is 2.11. The van der Waals surface area contributed by atoms with Gasteiger partial charge in [-0.25, -0.2) is 4.79 Å². The van der Waals surface area contributed by atoms with Gasteiger partial charge in [0.1, 0.15) is 6.61 Å². The summed E-state index contributed by atoms with van der Waals surface area (Å²) in [7, 11) is -4.05. The van der Waals surface area contributed by atoms with Gasteiger partial charge in [-0.2, -0.15) is 19.2 Å². The van der Waals surface area contributed by atoms with Crippen molar-refractivity contribution in [1.82, 2.24) is 0 Å². The maximum absolute atomic E-state index is 11.1. The molecule has 21 heavy (non-hydrogen) atoms. The minimum Gasteiger partial charge on any atom is -0.462 e. The van der Waals surface area contributed by atoms with Gasteiger partial charge in [-0.3, -0.25) is 0 Å². The molecule has 0 saturated heterocycles. The highest BCUT2D eigenvalue weighted by molar-refractivity contribution is 7.53. The van der Waals surface area contributed by atoms with Crippen LogP contribution >= 0.6 is 8.17 Å². The summed E-state index contributed by atoms with van der Waals surface area (Å²) < 4.78 is 9.46. The number of unbranched alkanes of at least 4 members (excludes halogenated alkanes) is 7. The van der Waals surface area contributed by atoms with Crippen molar-refractivity contribution in [2.75, 3.05) is 13.2 Å². The Morgan fingerprint density at radius 1 is 0.905 bits per heavy atom. The van der Waals surface area contributed by atoms with Crippen molar-refractivity contribution in [2.45, 2.75) is 58.3 Å². The van der Waals surface area contributed by atoms with E-state index in [2.05, 4.69) is 11.1 Å². The molecule has 0 unspecified atom stereocenters. The second-order valence-corrected chi connectivity index (χ2v) is 6.38. The number of carbonyl (C=O) groups excluding carboxylic acids is 1. The van der Waals surface area contributed by atoms with Crippen molar-refractivity contribution in [3.63, 3.8) is 0 Å². The zero-order valence-electron chi connectivity index (χ0n) is 12.8. The van der Waals surface area contributed by atoms with E-state index in [-0.39, 0.29) is 12.6 Å². The third kappa shape index (κ3) is 15.7. The van der Waals surface area contributed by atoms with Gasteiger partial charge in [0.05, 0.1) is 6.61 Å². The van der Waals surface area contributed by atoms with Crippen molar-refractivity contribution in [2.24, 2.45) is 0 Å². The molecule has 0 saturated carbocycles. The first kappa shape index (κ1) is 20.5. The van der Waals surface area contributed by atoms with Crippen LogP contribution in [0.15, 0.2) is 12.2 Å². The van der Waals surface area contributed by atoms with E-state index in [0.29, 0.717) is 18.6 Å². The molecule has 0 fully saturated rings. The van der Waals surface area contributed by atoms with E-state index in [4.69, 9.17) is 19.4 Å². The van der Waals surface area contributed by atoms with Crippen LogP contribution in [0.25, 0.3) is 0 Å². The van der Waals surface area contributed by atoms with Gasteiger partial charge in [0.15, 0.2) is 0 Å². The van der Waals surface area contributed by atoms with Gasteiger partial charge in [0, 0.05) is 5.57 Å². The molecule has 0 aliphatic heterocycles. The molecule has 0 radical (unpaired) electrons. The minimum atomic E-state index is -4.05. The number of rotatable bonds is 13. The molecule has 124 valence electrons. The summed E-state index contributed by atoms with van der Waals surface area (Å²) in [5.74, 6) is -0.322. The molecule has 0 spiro atoms. The third-order valence-corrected chi connectivity index (χ3v) is 3.41. The predicted molar refractivity (Wildman–Crippen MR) is 82.2 cm³/mol. The lowest BCUT2D eigenvalue weighted by Gasteiger charge is -2.05. The summed E-state index contributed by atoms with van der Waals surface area (Å²) in [4.78, 5) is 36.9. The number of carbonyl (C=O) groups is 1. The lowest BCUT2D eigenvalue weighted by molar-refractivity contribution is -0.139. The van der Waals surface area contributed by atoms with Crippen LogP contribution in [-0.4, -0.2) is 33.9 Å². The third-order valence-electron chi connectivity index (χ3n) is 2.88. The van der Waals surface area contributed by atoms with Crippen LogP contribution in [0.2, 0.25) is 0 Å². The Kier molecular flexibility index (Phi) is 11.8. The van der Waals surface area contributed by atoms with Gasteiger partial charge in [0.25, 0.3) is 0 Å². The van der Waals surface area contributed by atoms with Gasteiger partial charge in [-0.05, 0) is 19.8 Å². The summed E-state index contributed by atoms with van der Waals surface area (Å²) in [6.45, 7) is 5.78. The SMILES string of the molecule is C=C(C)C(=O)OCCCCCCCCCCO[P+](O)(O)O. The Morgan fingerprint density at radius 2 is 1.33 bits per heavy atom. The topological polar surface area (TPSA) is 96.2 Å². The number of esters is 1. The average Bonchev–Trinajstić information content (AvgIpc) is 2.38. The van der Waals surface area contributed by atoms with Crippen molar-refractivity contribution < 1.29 is 28.7 Å². The molecule has 0 heterocycles. The summed E-state index contributed by atoms with van der Waals surface area (Å²) in [6.07, 6.45) is 7.98. The molecule has 0 rings (SSSR count). The molecular weight excluding hydrogens is 295 g/mol. The maximum Gasteiger partial charge on any atom is 0.567 e. The first-order valence-corrected chi connectivity index (χ1v) is 8.94. The molecule has 0 atom stereocenters. The Labute approximate surface area is 127 Å². The molecule has 3 N–H and O–H groups in total. The lowest BCUT2D eigenvalue weighted by atomic mass is 10.1. The molecule has 6 nitrogen and oxygen atoms in total. The number of ether oxygens (including phenoxy) is 1. The monoisotopic (exact) mass is 323 g/mol. The molecule has 0 aromatic rings. The molecule has 0 aromatic carbocycles. The van der Waals surface area contributed by atoms with Crippen molar-refractivity contribution >= 4 is 14.1 Å². The van der Waals surface area contributed by atoms with Crippen molar-refractivity contribution in [3.8, 4) is 0 Å². The van der Waals surface area contributed by atoms with Crippen LogP contribution in [0.3, 0.4) is 0 Å². The summed E-state index contributed by atoms with van der Waals surface area (Å²) in [5.41, 5.74) is 0.432. The Balaban J connectivity index is 3.16. The van der Waals surface area contributed by atoms with E-state index < -0.39 is 8.17 Å². The van der Waals surface area contributed by atoms with Gasteiger partial charge >= 0.3 is 14.1 Å². The van der Waals surface area contributed by atoms with Crippen LogP contribution in [0, 0.1) is 0 Å². The second kappa shape index (κ2) is 12.1. The number of hydrogen-bond acceptors (Lipinski definition) is 6.